The molecule has 11 heavy (non-hydrogen) atoms. The van der Waals surface area contributed by atoms with Crippen molar-refractivity contribution in [2.45, 2.75) is 0 Å². The fourth-order valence-corrected chi connectivity index (χ4v) is 0.370. The fraction of sp³-hybridized carbons (Fsp3) is 0.750. The van der Waals surface area contributed by atoms with Crippen LogP contribution in [0.5, 0.6) is 0 Å². The van der Waals surface area contributed by atoms with Crippen molar-refractivity contribution in [3.05, 3.63) is 6.61 Å². The third-order valence-corrected chi connectivity index (χ3v) is 0.649. The molecule has 0 atom stereocenters. The Hall–Kier alpha value is 0.0764. The zero-order valence-electron chi connectivity index (χ0n) is 5.69. The van der Waals surface area contributed by atoms with Crippen LogP contribution < -0.4 is 0 Å². The maximum absolute atomic E-state index is 8.51. The summed E-state index contributed by atoms with van der Waals surface area (Å²) in [5, 5.41) is 0. The van der Waals surface area contributed by atoms with Gasteiger partial charge in [0.25, 0.3) is 0 Å². The number of ether oxygens (including phenoxy) is 2. The second kappa shape index (κ2) is 16.6. The SMILES string of the molecule is O.O.[CH-]1COCCO1.[O]=[Os]=[O]. The van der Waals surface area contributed by atoms with Crippen LogP contribution in [0.1, 0.15) is 0 Å². The van der Waals surface area contributed by atoms with Gasteiger partial charge in [-0.05, 0) is 0 Å². The van der Waals surface area contributed by atoms with E-state index in [-0.39, 0.29) is 11.0 Å². The van der Waals surface area contributed by atoms with Crippen LogP contribution in [-0.2, 0) is 33.9 Å². The summed E-state index contributed by atoms with van der Waals surface area (Å²) in [5.41, 5.74) is 0. The minimum absolute atomic E-state index is 0. The predicted octanol–water partition coefficient (Wildman–Crippen LogP) is -1.69. The van der Waals surface area contributed by atoms with Crippen molar-refractivity contribution >= 4 is 0 Å². The fourth-order valence-electron chi connectivity index (χ4n) is 0.370. The van der Waals surface area contributed by atoms with E-state index in [1.807, 2.05) is 0 Å². The van der Waals surface area contributed by atoms with Crippen molar-refractivity contribution in [2.75, 3.05) is 19.8 Å². The van der Waals surface area contributed by atoms with E-state index >= 15 is 0 Å². The molecule has 0 spiro atoms. The molecule has 0 aromatic carbocycles. The first-order valence-electron chi connectivity index (χ1n) is 2.30. The van der Waals surface area contributed by atoms with E-state index < -0.39 is 17.3 Å². The van der Waals surface area contributed by atoms with Gasteiger partial charge in [0.1, 0.15) is 0 Å². The van der Waals surface area contributed by atoms with Crippen LogP contribution in [0.25, 0.3) is 0 Å². The number of hydrogen-bond donors (Lipinski definition) is 0. The molecule has 0 bridgehead atoms. The molecule has 0 saturated carbocycles. The molecule has 0 radical (unpaired) electrons. The maximum atomic E-state index is 8.51. The number of hydrogen-bond acceptors (Lipinski definition) is 4. The normalized spacial score (nSPS) is 14.5. The zero-order chi connectivity index (χ0) is 6.95. The first-order valence-corrected chi connectivity index (χ1v) is 4.37. The Morgan fingerprint density at radius 1 is 1.18 bits per heavy atom. The van der Waals surface area contributed by atoms with Gasteiger partial charge in [-0.3, -0.25) is 0 Å². The molecule has 1 fully saturated rings. The molecule has 4 N–H and O–H groups in total. The van der Waals surface area contributed by atoms with E-state index in [2.05, 4.69) is 0 Å². The van der Waals surface area contributed by atoms with E-state index in [4.69, 9.17) is 16.6 Å². The van der Waals surface area contributed by atoms with Gasteiger partial charge in [0, 0.05) is 6.61 Å². The Morgan fingerprint density at radius 3 is 1.82 bits per heavy atom. The molecule has 0 aromatic heterocycles. The molecule has 1 heterocycles. The molecular weight excluding hydrogens is 334 g/mol. The molecule has 72 valence electrons. The molecule has 1 aliphatic heterocycles. The van der Waals surface area contributed by atoms with Gasteiger partial charge < -0.3 is 20.4 Å². The van der Waals surface area contributed by atoms with E-state index in [0.717, 1.165) is 13.2 Å². The molecule has 0 unspecified atom stereocenters. The Kier molecular flexibility index (Phi) is 26.0. The van der Waals surface area contributed by atoms with Crippen LogP contribution in [0.2, 0.25) is 0 Å². The van der Waals surface area contributed by atoms with Crippen molar-refractivity contribution in [1.82, 2.24) is 0 Å². The first-order chi connectivity index (χ1) is 4.41. The zero-order valence-corrected chi connectivity index (χ0v) is 8.23. The number of rotatable bonds is 0. The van der Waals surface area contributed by atoms with Crippen LogP contribution in [0.3, 0.4) is 0 Å². The summed E-state index contributed by atoms with van der Waals surface area (Å²) in [5.74, 6) is 0. The summed E-state index contributed by atoms with van der Waals surface area (Å²) >= 11 is -2.08. The standard InChI is InChI=1S/C4H7O2.2H2O.2O.Os/c1-2-6-4-3-5-1;;;;;/h1H,2-4H2;2*1H2;;;/q-1;;;;;. The monoisotopic (exact) mass is 347 g/mol. The van der Waals surface area contributed by atoms with Crippen LogP contribution in [0, 0.1) is 6.61 Å². The van der Waals surface area contributed by atoms with Gasteiger partial charge in [-0.25, -0.2) is 0 Å². The Bertz CT molecular complexity index is 75.1. The van der Waals surface area contributed by atoms with Crippen LogP contribution in [0.15, 0.2) is 0 Å². The summed E-state index contributed by atoms with van der Waals surface area (Å²) < 4.78 is 26.7. The molecule has 0 aliphatic carbocycles. The van der Waals surface area contributed by atoms with E-state index in [0.29, 0.717) is 6.61 Å². The van der Waals surface area contributed by atoms with Gasteiger partial charge in [0.15, 0.2) is 0 Å². The van der Waals surface area contributed by atoms with Crippen molar-refractivity contribution in [2.24, 2.45) is 0 Å². The average molecular weight is 345 g/mol. The van der Waals surface area contributed by atoms with Crippen LogP contribution in [-0.4, -0.2) is 30.8 Å². The van der Waals surface area contributed by atoms with Gasteiger partial charge in [-0.2, -0.15) is 6.61 Å². The minimum atomic E-state index is -2.08. The van der Waals surface area contributed by atoms with Crippen molar-refractivity contribution in [3.8, 4) is 0 Å². The van der Waals surface area contributed by atoms with Crippen molar-refractivity contribution in [1.29, 1.82) is 0 Å². The summed E-state index contributed by atoms with van der Waals surface area (Å²) in [6, 6.07) is 0. The Labute approximate surface area is 71.8 Å². The van der Waals surface area contributed by atoms with E-state index in [9.17, 15) is 0 Å². The first kappa shape index (κ1) is 17.2. The molecule has 1 saturated heterocycles. The second-order valence-electron chi connectivity index (χ2n) is 1.17. The Morgan fingerprint density at radius 2 is 1.73 bits per heavy atom. The van der Waals surface area contributed by atoms with Crippen LogP contribution >= 0.6 is 0 Å². The van der Waals surface area contributed by atoms with E-state index in [1.54, 1.807) is 6.61 Å². The Balaban J connectivity index is -0.000000116. The molecule has 1 rings (SSSR count). The van der Waals surface area contributed by atoms with Crippen LogP contribution in [0.4, 0.5) is 0 Å². The second-order valence-corrected chi connectivity index (χ2v) is 1.59. The quantitative estimate of drug-likeness (QED) is 0.487. The van der Waals surface area contributed by atoms with Gasteiger partial charge in [-0.1, -0.05) is 6.61 Å². The summed E-state index contributed by atoms with van der Waals surface area (Å²) in [7, 11) is 0. The predicted molar refractivity (Wildman–Crippen MR) is 29.7 cm³/mol. The average Bonchev–Trinajstić information content (AvgIpc) is 1.93. The summed E-state index contributed by atoms with van der Waals surface area (Å²) in [6.07, 6.45) is 0. The van der Waals surface area contributed by atoms with Crippen molar-refractivity contribution < 1.29 is 44.8 Å². The van der Waals surface area contributed by atoms with Gasteiger partial charge in [0.2, 0.25) is 0 Å². The third kappa shape index (κ3) is 17.8. The molecule has 7 heteroatoms. The molecule has 0 amide bonds. The summed E-state index contributed by atoms with van der Waals surface area (Å²) in [4.78, 5) is 0. The van der Waals surface area contributed by atoms with Crippen molar-refractivity contribution in [3.63, 3.8) is 0 Å². The summed E-state index contributed by atoms with van der Waals surface area (Å²) in [6.45, 7) is 3.79. The van der Waals surface area contributed by atoms with E-state index in [1.165, 1.54) is 0 Å². The molecule has 1 aliphatic rings. The van der Waals surface area contributed by atoms with Gasteiger partial charge >= 0.3 is 24.4 Å². The topological polar surface area (TPSA) is 116 Å². The third-order valence-electron chi connectivity index (χ3n) is 0.649. The molecule has 6 nitrogen and oxygen atoms in total. The molecular formula is C4H11O6Os-. The molecule has 0 aromatic rings. The van der Waals surface area contributed by atoms with Gasteiger partial charge in [0.05, 0.1) is 6.61 Å². The van der Waals surface area contributed by atoms with Gasteiger partial charge in [-0.15, -0.1) is 0 Å².